The fourth-order valence-corrected chi connectivity index (χ4v) is 2.21. The summed E-state index contributed by atoms with van der Waals surface area (Å²) in [5.41, 5.74) is 1.25. The molecule has 0 radical (unpaired) electrons. The molecule has 0 spiro atoms. The Labute approximate surface area is 131 Å². The van der Waals surface area contributed by atoms with Crippen molar-refractivity contribution in [1.82, 2.24) is 0 Å². The fraction of sp³-hybridized carbons (Fsp3) is 0.571. The van der Waals surface area contributed by atoms with Crippen LogP contribution in [0.3, 0.4) is 0 Å². The largest absolute Gasteiger partial charge is 2.00 e. The molecule has 1 nitrogen and oxygen atoms in total. The molecule has 0 atom stereocenters. The Hall–Kier alpha value is 0.426. The van der Waals surface area contributed by atoms with Crippen LogP contribution in [0, 0.1) is 12.0 Å². The van der Waals surface area contributed by atoms with E-state index in [1.165, 1.54) is 37.7 Å². The van der Waals surface area contributed by atoms with E-state index in [1.54, 1.807) is 0 Å². The number of ether oxygens (including phenoxy) is 1. The van der Waals surface area contributed by atoms with Crippen LogP contribution in [-0.2, 0) is 11.3 Å². The average Bonchev–Trinajstić information content (AvgIpc) is 2.32. The molecule has 1 saturated carbocycles. The predicted molar refractivity (Wildman–Crippen MR) is 67.3 cm³/mol. The average molecular weight is 308 g/mol. The van der Waals surface area contributed by atoms with Crippen LogP contribution in [0.1, 0.15) is 37.7 Å². The molecule has 0 unspecified atom stereocenters. The van der Waals surface area contributed by atoms with Crippen molar-refractivity contribution in [3.05, 3.63) is 35.9 Å². The first-order valence-electron chi connectivity index (χ1n) is 5.98. The molecule has 3 heteroatoms. The molecule has 0 aliphatic heterocycles. The minimum atomic E-state index is 0. The maximum atomic E-state index is 5.75. The van der Waals surface area contributed by atoms with Crippen molar-refractivity contribution in [2.24, 2.45) is 5.92 Å². The summed E-state index contributed by atoms with van der Waals surface area (Å²) in [5.74, 6) is 0.814. The van der Waals surface area contributed by atoms with E-state index < -0.39 is 0 Å². The molecule has 0 bridgehead atoms. The van der Waals surface area contributed by atoms with Gasteiger partial charge in [-0.3, -0.25) is 0 Å². The molecule has 2 rings (SSSR count). The Morgan fingerprint density at radius 3 is 2.41 bits per heavy atom. The summed E-state index contributed by atoms with van der Waals surface area (Å²) in [5, 5.41) is 0. The molecule has 1 aromatic carbocycles. The quantitative estimate of drug-likeness (QED) is 0.571. The van der Waals surface area contributed by atoms with Crippen LogP contribution in [-0.4, -0.2) is 29.7 Å². The summed E-state index contributed by atoms with van der Waals surface area (Å²) < 4.78 is 5.75. The van der Waals surface area contributed by atoms with Crippen LogP contribution in [0.25, 0.3) is 0 Å². The van der Waals surface area contributed by atoms with Crippen molar-refractivity contribution >= 4 is 23.1 Å². The van der Waals surface area contributed by atoms with Crippen LogP contribution in [0.5, 0.6) is 0 Å². The normalized spacial score (nSPS) is 15.8. The minimum Gasteiger partial charge on any atom is -1.00 e. The Morgan fingerprint density at radius 2 is 1.76 bits per heavy atom. The third-order valence-corrected chi connectivity index (χ3v) is 3.13. The SMILES string of the molecule is [Br-].[Mg+2].[c-]1ccc(COCC2CCCCC2)cc1. The van der Waals surface area contributed by atoms with Crippen molar-refractivity contribution in [1.29, 1.82) is 0 Å². The zero-order chi connectivity index (χ0) is 10.3. The van der Waals surface area contributed by atoms with E-state index in [2.05, 4.69) is 18.2 Å². The molecular weight excluding hydrogens is 288 g/mol. The Kier molecular flexibility index (Phi) is 10.6. The molecule has 0 heterocycles. The summed E-state index contributed by atoms with van der Waals surface area (Å²) in [4.78, 5) is 0. The topological polar surface area (TPSA) is 9.23 Å². The van der Waals surface area contributed by atoms with Gasteiger partial charge in [-0.25, -0.2) is 0 Å². The first-order valence-corrected chi connectivity index (χ1v) is 5.98. The molecule has 1 aliphatic carbocycles. The number of hydrogen-bond donors (Lipinski definition) is 0. The Balaban J connectivity index is 0.00000128. The van der Waals surface area contributed by atoms with Crippen molar-refractivity contribution in [2.75, 3.05) is 6.61 Å². The zero-order valence-electron chi connectivity index (χ0n) is 10.3. The van der Waals surface area contributed by atoms with Crippen LogP contribution in [0.2, 0.25) is 0 Å². The second-order valence-corrected chi connectivity index (χ2v) is 4.43. The predicted octanol–water partition coefficient (Wildman–Crippen LogP) is 0.207. The smallest absolute Gasteiger partial charge is 1.00 e. The van der Waals surface area contributed by atoms with Gasteiger partial charge in [-0.1, -0.05) is 19.3 Å². The fourth-order valence-electron chi connectivity index (χ4n) is 2.21. The van der Waals surface area contributed by atoms with E-state index in [1.807, 2.05) is 12.1 Å². The van der Waals surface area contributed by atoms with Crippen LogP contribution in [0.15, 0.2) is 24.3 Å². The molecule has 1 fully saturated rings. The van der Waals surface area contributed by atoms with Gasteiger partial charge in [0.15, 0.2) is 0 Å². The van der Waals surface area contributed by atoms with E-state index in [0.29, 0.717) is 0 Å². The Morgan fingerprint density at radius 1 is 1.12 bits per heavy atom. The van der Waals surface area contributed by atoms with Gasteiger partial charge in [-0.05, 0) is 18.8 Å². The summed E-state index contributed by atoms with van der Waals surface area (Å²) in [7, 11) is 0. The molecule has 0 saturated heterocycles. The van der Waals surface area contributed by atoms with Gasteiger partial charge in [-0.15, -0.1) is 5.56 Å². The van der Waals surface area contributed by atoms with Gasteiger partial charge in [0.2, 0.25) is 0 Å². The van der Waals surface area contributed by atoms with Crippen molar-refractivity contribution < 1.29 is 21.7 Å². The molecule has 1 aromatic rings. The van der Waals surface area contributed by atoms with E-state index >= 15 is 0 Å². The van der Waals surface area contributed by atoms with E-state index in [4.69, 9.17) is 4.74 Å². The Bertz CT molecular complexity index is 273. The van der Waals surface area contributed by atoms with Gasteiger partial charge in [0.25, 0.3) is 0 Å². The van der Waals surface area contributed by atoms with Gasteiger partial charge in [0.05, 0.1) is 0 Å². The molecule has 90 valence electrons. The molecule has 0 N–H and O–H groups in total. The number of halogens is 1. The molecule has 1 aliphatic rings. The zero-order valence-corrected chi connectivity index (χ0v) is 13.3. The van der Waals surface area contributed by atoms with E-state index in [0.717, 1.165) is 19.1 Å². The minimum absolute atomic E-state index is 0. The first-order chi connectivity index (χ1) is 7.45. The number of hydrogen-bond acceptors (Lipinski definition) is 1. The maximum absolute atomic E-state index is 5.75. The third-order valence-electron chi connectivity index (χ3n) is 3.13. The van der Waals surface area contributed by atoms with Crippen molar-refractivity contribution in [3.8, 4) is 0 Å². The second-order valence-electron chi connectivity index (χ2n) is 4.43. The van der Waals surface area contributed by atoms with Gasteiger partial charge in [0, 0.05) is 13.2 Å². The van der Waals surface area contributed by atoms with Crippen molar-refractivity contribution in [2.45, 2.75) is 38.7 Å². The second kappa shape index (κ2) is 10.4. The van der Waals surface area contributed by atoms with Crippen LogP contribution in [0.4, 0.5) is 0 Å². The standard InChI is InChI=1S/C14H19O.BrH.Mg/c1-3-7-13(8-4-1)11-15-12-14-9-5-2-6-10-14;;/h5-6,9-10,13H,1,3-4,7-8,11-12H2;1H;/q-1;;+2/p-1. The first kappa shape index (κ1) is 17.4. The van der Waals surface area contributed by atoms with Gasteiger partial charge in [-0.2, -0.15) is 30.3 Å². The summed E-state index contributed by atoms with van der Waals surface area (Å²) in [6, 6.07) is 11.0. The van der Waals surface area contributed by atoms with Gasteiger partial charge >= 0.3 is 23.1 Å². The summed E-state index contributed by atoms with van der Waals surface area (Å²) in [6.07, 6.45) is 6.94. The third kappa shape index (κ3) is 6.80. The maximum Gasteiger partial charge on any atom is 2.00 e. The van der Waals surface area contributed by atoms with E-state index in [9.17, 15) is 0 Å². The van der Waals surface area contributed by atoms with Crippen LogP contribution < -0.4 is 17.0 Å². The monoisotopic (exact) mass is 306 g/mol. The van der Waals surface area contributed by atoms with Gasteiger partial charge in [0.1, 0.15) is 0 Å². The molecule has 0 amide bonds. The number of benzene rings is 1. The molecular formula is C14H19BrMgO. The summed E-state index contributed by atoms with van der Waals surface area (Å²) in [6.45, 7) is 1.70. The van der Waals surface area contributed by atoms with Crippen LogP contribution >= 0.6 is 0 Å². The van der Waals surface area contributed by atoms with Crippen molar-refractivity contribution in [3.63, 3.8) is 0 Å². The number of rotatable bonds is 4. The van der Waals surface area contributed by atoms with Gasteiger partial charge < -0.3 is 21.7 Å². The molecule has 17 heavy (non-hydrogen) atoms. The molecule has 0 aromatic heterocycles. The summed E-state index contributed by atoms with van der Waals surface area (Å²) >= 11 is 0. The van der Waals surface area contributed by atoms with E-state index in [-0.39, 0.29) is 40.0 Å².